The third kappa shape index (κ3) is 4.76. The van der Waals surface area contributed by atoms with E-state index in [1.165, 1.54) is 0 Å². The molecule has 1 N–H and O–H groups in total. The molecule has 1 aromatic heterocycles. The van der Waals surface area contributed by atoms with Gasteiger partial charge in [0.05, 0.1) is 16.8 Å². The van der Waals surface area contributed by atoms with Crippen LogP contribution in [0.5, 0.6) is 17.2 Å². The summed E-state index contributed by atoms with van der Waals surface area (Å²) in [6, 6.07) is 11.4. The molecule has 2 aliphatic rings. The normalized spacial score (nSPS) is 19.2. The number of aryl methyl sites for hydroxylation is 1. The van der Waals surface area contributed by atoms with E-state index in [0.717, 1.165) is 5.56 Å². The van der Waals surface area contributed by atoms with Gasteiger partial charge in [0.2, 0.25) is 0 Å². The van der Waals surface area contributed by atoms with Crippen molar-refractivity contribution in [1.82, 2.24) is 9.78 Å². The minimum absolute atomic E-state index is 0.276. The molecule has 1 fully saturated rings. The molecule has 2 heterocycles. The summed E-state index contributed by atoms with van der Waals surface area (Å²) >= 11 is 0. The highest BCUT2D eigenvalue weighted by Crippen LogP contribution is 2.43. The minimum Gasteiger partial charge on any atom is -0.484 e. The van der Waals surface area contributed by atoms with E-state index >= 15 is 0 Å². The van der Waals surface area contributed by atoms with Crippen LogP contribution in [0.15, 0.2) is 53.6 Å². The third-order valence-electron chi connectivity index (χ3n) is 6.09. The highest BCUT2D eigenvalue weighted by atomic mass is 32.2. The SMILES string of the molecule is COCC1(C)Cc2c(Oc3ccc(S(=O)(=O)C4CC4)cc3)cc(C(=O)Nc3ccn(C)n3)cc2O1. The lowest BCUT2D eigenvalue weighted by molar-refractivity contribution is 0.0204. The van der Waals surface area contributed by atoms with Crippen molar-refractivity contribution < 1.29 is 27.4 Å². The van der Waals surface area contributed by atoms with Gasteiger partial charge in [0.1, 0.15) is 22.8 Å². The maximum Gasteiger partial charge on any atom is 0.257 e. The van der Waals surface area contributed by atoms with Gasteiger partial charge in [-0.2, -0.15) is 5.10 Å². The van der Waals surface area contributed by atoms with Crippen LogP contribution in [0.25, 0.3) is 0 Å². The summed E-state index contributed by atoms with van der Waals surface area (Å²) in [6.45, 7) is 2.30. The van der Waals surface area contributed by atoms with E-state index in [1.54, 1.807) is 67.5 Å². The lowest BCUT2D eigenvalue weighted by Gasteiger charge is -2.22. The quantitative estimate of drug-likeness (QED) is 0.505. The average Bonchev–Trinajstić information content (AvgIpc) is 3.52. The molecule has 1 unspecified atom stereocenters. The third-order valence-corrected chi connectivity index (χ3v) is 8.36. The fraction of sp³-hybridized carbons (Fsp3) is 0.360. The van der Waals surface area contributed by atoms with E-state index in [4.69, 9.17) is 14.2 Å². The van der Waals surface area contributed by atoms with Crippen LogP contribution in [0.4, 0.5) is 5.82 Å². The van der Waals surface area contributed by atoms with Gasteiger partial charge in [0, 0.05) is 44.0 Å². The lowest BCUT2D eigenvalue weighted by atomic mass is 9.98. The number of aromatic nitrogens is 2. The zero-order chi connectivity index (χ0) is 24.8. The number of carbonyl (C=O) groups excluding carboxylic acids is 1. The number of benzene rings is 2. The van der Waals surface area contributed by atoms with E-state index in [-0.39, 0.29) is 16.1 Å². The topological polar surface area (TPSA) is 109 Å². The molecule has 0 bridgehead atoms. The van der Waals surface area contributed by atoms with Gasteiger partial charge < -0.3 is 19.5 Å². The van der Waals surface area contributed by atoms with Crippen LogP contribution in [0.2, 0.25) is 0 Å². The van der Waals surface area contributed by atoms with Crippen LogP contribution >= 0.6 is 0 Å². The predicted octanol–water partition coefficient (Wildman–Crippen LogP) is 3.74. The zero-order valence-electron chi connectivity index (χ0n) is 19.8. The molecule has 0 spiro atoms. The first-order valence-electron chi connectivity index (χ1n) is 11.3. The summed E-state index contributed by atoms with van der Waals surface area (Å²) in [4.78, 5) is 13.3. The standard InChI is InChI=1S/C25H27N3O6S/c1-25(15-32-3)14-20-21(33-17-4-6-18(7-5-17)35(30,31)19-8-9-19)12-16(13-22(20)34-25)24(29)26-23-10-11-28(2)27-23/h4-7,10-13,19H,8-9,14-15H2,1-3H3,(H,26,27,29). The van der Waals surface area contributed by atoms with E-state index < -0.39 is 15.4 Å². The molecule has 1 amide bonds. The molecule has 0 saturated heterocycles. The molecule has 3 aromatic rings. The van der Waals surface area contributed by atoms with Crippen LogP contribution in [-0.2, 0) is 28.0 Å². The Balaban J connectivity index is 1.45. The largest absolute Gasteiger partial charge is 0.484 e. The monoisotopic (exact) mass is 497 g/mol. The Morgan fingerprint density at radius 1 is 1.23 bits per heavy atom. The van der Waals surface area contributed by atoms with E-state index in [2.05, 4.69) is 10.4 Å². The molecule has 2 aromatic carbocycles. The summed E-state index contributed by atoms with van der Waals surface area (Å²) in [5, 5.41) is 6.69. The Hall–Kier alpha value is -3.37. The lowest BCUT2D eigenvalue weighted by Crippen LogP contribution is -2.35. The van der Waals surface area contributed by atoms with Crippen molar-refractivity contribution in [2.24, 2.45) is 7.05 Å². The maximum atomic E-state index is 13.0. The number of nitrogens with zero attached hydrogens (tertiary/aromatic N) is 2. The molecule has 5 rings (SSSR count). The van der Waals surface area contributed by atoms with Crippen molar-refractivity contribution in [2.75, 3.05) is 19.0 Å². The van der Waals surface area contributed by atoms with Crippen LogP contribution in [0.1, 0.15) is 35.7 Å². The molecule has 1 atom stereocenters. The van der Waals surface area contributed by atoms with Crippen molar-refractivity contribution in [3.63, 3.8) is 0 Å². The summed E-state index contributed by atoms with van der Waals surface area (Å²) < 4.78 is 44.3. The number of hydrogen-bond donors (Lipinski definition) is 1. The number of ether oxygens (including phenoxy) is 3. The number of methoxy groups -OCH3 is 1. The van der Waals surface area contributed by atoms with Gasteiger partial charge in [-0.3, -0.25) is 9.48 Å². The Morgan fingerprint density at radius 3 is 2.60 bits per heavy atom. The second-order valence-corrected chi connectivity index (χ2v) is 11.5. The predicted molar refractivity (Wildman–Crippen MR) is 129 cm³/mol. The number of carbonyl (C=O) groups is 1. The maximum absolute atomic E-state index is 13.0. The van der Waals surface area contributed by atoms with E-state index in [0.29, 0.717) is 54.5 Å². The number of anilines is 1. The van der Waals surface area contributed by atoms with Gasteiger partial charge in [0.25, 0.3) is 5.91 Å². The Kier molecular flexibility index (Phi) is 5.80. The molecule has 35 heavy (non-hydrogen) atoms. The Labute approximate surface area is 203 Å². The van der Waals surface area contributed by atoms with Gasteiger partial charge in [-0.1, -0.05) is 0 Å². The van der Waals surface area contributed by atoms with Crippen LogP contribution < -0.4 is 14.8 Å². The Bertz CT molecular complexity index is 1380. The molecule has 1 aliphatic heterocycles. The van der Waals surface area contributed by atoms with Gasteiger partial charge in [-0.05, 0) is 56.2 Å². The second-order valence-electron chi connectivity index (χ2n) is 9.26. The van der Waals surface area contributed by atoms with Crippen molar-refractivity contribution in [2.45, 2.75) is 41.9 Å². The first-order chi connectivity index (χ1) is 16.7. The fourth-order valence-electron chi connectivity index (χ4n) is 4.23. The fourth-order valence-corrected chi connectivity index (χ4v) is 5.89. The molecular weight excluding hydrogens is 470 g/mol. The van der Waals surface area contributed by atoms with Crippen molar-refractivity contribution in [3.05, 3.63) is 59.8 Å². The number of fused-ring (bicyclic) bond motifs is 1. The first kappa shape index (κ1) is 23.4. The number of hydrogen-bond acceptors (Lipinski definition) is 7. The first-order valence-corrected chi connectivity index (χ1v) is 12.9. The molecule has 184 valence electrons. The van der Waals surface area contributed by atoms with Crippen molar-refractivity contribution in [3.8, 4) is 17.2 Å². The Morgan fingerprint density at radius 2 is 1.97 bits per heavy atom. The van der Waals surface area contributed by atoms with E-state index in [1.807, 2.05) is 6.92 Å². The smallest absolute Gasteiger partial charge is 0.257 e. The zero-order valence-corrected chi connectivity index (χ0v) is 20.6. The highest BCUT2D eigenvalue weighted by Gasteiger charge is 2.38. The summed E-state index contributed by atoms with van der Waals surface area (Å²) in [5.74, 6) is 1.54. The van der Waals surface area contributed by atoms with Gasteiger partial charge in [-0.15, -0.1) is 0 Å². The molecule has 9 nitrogen and oxygen atoms in total. The average molecular weight is 498 g/mol. The van der Waals surface area contributed by atoms with Crippen LogP contribution in [0, 0.1) is 0 Å². The number of amides is 1. The molecule has 0 radical (unpaired) electrons. The summed E-state index contributed by atoms with van der Waals surface area (Å²) in [6.07, 6.45) is 3.68. The van der Waals surface area contributed by atoms with Crippen LogP contribution in [0.3, 0.4) is 0 Å². The second kappa shape index (κ2) is 8.69. The van der Waals surface area contributed by atoms with Gasteiger partial charge in [0.15, 0.2) is 15.7 Å². The molecular formula is C25H27N3O6S. The summed E-state index contributed by atoms with van der Waals surface area (Å²) in [7, 11) is 0.0929. The molecule has 10 heteroatoms. The minimum atomic E-state index is -3.28. The summed E-state index contributed by atoms with van der Waals surface area (Å²) in [5.41, 5.74) is 0.556. The van der Waals surface area contributed by atoms with Crippen LogP contribution in [-0.4, -0.2) is 48.7 Å². The number of rotatable bonds is 8. The number of sulfone groups is 1. The van der Waals surface area contributed by atoms with Crippen molar-refractivity contribution in [1.29, 1.82) is 0 Å². The van der Waals surface area contributed by atoms with Gasteiger partial charge >= 0.3 is 0 Å². The number of nitrogens with one attached hydrogen (secondary N) is 1. The van der Waals surface area contributed by atoms with Gasteiger partial charge in [-0.25, -0.2) is 8.42 Å². The highest BCUT2D eigenvalue weighted by molar-refractivity contribution is 7.92. The molecule has 1 saturated carbocycles. The van der Waals surface area contributed by atoms with Crippen molar-refractivity contribution >= 4 is 21.6 Å². The van der Waals surface area contributed by atoms with E-state index in [9.17, 15) is 13.2 Å². The molecule has 1 aliphatic carbocycles.